The van der Waals surface area contributed by atoms with Gasteiger partial charge in [0.1, 0.15) is 5.82 Å². The van der Waals surface area contributed by atoms with E-state index in [9.17, 15) is 0 Å². The van der Waals surface area contributed by atoms with E-state index in [1.54, 1.807) is 6.20 Å². The number of aromatic nitrogens is 2. The Morgan fingerprint density at radius 2 is 2.12 bits per heavy atom. The molecular formula is C11H21N5. The zero-order valence-electron chi connectivity index (χ0n) is 10.1. The van der Waals surface area contributed by atoms with Gasteiger partial charge in [0.05, 0.1) is 0 Å². The molecule has 0 saturated heterocycles. The molecule has 0 aliphatic heterocycles. The van der Waals surface area contributed by atoms with Gasteiger partial charge in [0, 0.05) is 12.7 Å². The van der Waals surface area contributed by atoms with Crippen LogP contribution in [0.25, 0.3) is 0 Å². The SMILES string of the molecule is CCN(CC)CCCNc1ccnc(N)n1. The van der Waals surface area contributed by atoms with Crippen molar-refractivity contribution in [1.29, 1.82) is 0 Å². The summed E-state index contributed by atoms with van der Waals surface area (Å²) >= 11 is 0. The Morgan fingerprint density at radius 3 is 2.75 bits per heavy atom. The molecule has 1 heterocycles. The van der Waals surface area contributed by atoms with E-state index in [1.807, 2.05) is 6.07 Å². The largest absolute Gasteiger partial charge is 0.370 e. The van der Waals surface area contributed by atoms with Crippen molar-refractivity contribution < 1.29 is 0 Å². The van der Waals surface area contributed by atoms with E-state index >= 15 is 0 Å². The van der Waals surface area contributed by atoms with Crippen molar-refractivity contribution in [2.24, 2.45) is 0 Å². The third-order valence-corrected chi connectivity index (χ3v) is 2.53. The lowest BCUT2D eigenvalue weighted by atomic mass is 10.3. The molecule has 0 atom stereocenters. The highest BCUT2D eigenvalue weighted by atomic mass is 15.1. The van der Waals surface area contributed by atoms with Crippen LogP contribution in [0.1, 0.15) is 20.3 Å². The Bertz CT molecular complexity index is 298. The first kappa shape index (κ1) is 12.7. The maximum atomic E-state index is 5.48. The molecule has 0 aliphatic rings. The number of rotatable bonds is 7. The van der Waals surface area contributed by atoms with E-state index in [4.69, 9.17) is 5.73 Å². The third-order valence-electron chi connectivity index (χ3n) is 2.53. The van der Waals surface area contributed by atoms with Crippen LogP contribution in [0.4, 0.5) is 11.8 Å². The van der Waals surface area contributed by atoms with Gasteiger partial charge in [0.15, 0.2) is 0 Å². The Hall–Kier alpha value is -1.36. The van der Waals surface area contributed by atoms with Gasteiger partial charge >= 0.3 is 0 Å². The van der Waals surface area contributed by atoms with Crippen LogP contribution in [0.3, 0.4) is 0 Å². The number of nitrogen functional groups attached to an aromatic ring is 1. The molecule has 0 saturated carbocycles. The van der Waals surface area contributed by atoms with Crippen LogP contribution in [-0.2, 0) is 0 Å². The summed E-state index contributed by atoms with van der Waals surface area (Å²) in [5.74, 6) is 1.11. The van der Waals surface area contributed by atoms with Crippen molar-refractivity contribution in [1.82, 2.24) is 14.9 Å². The quantitative estimate of drug-likeness (QED) is 0.680. The van der Waals surface area contributed by atoms with Crippen molar-refractivity contribution in [2.75, 3.05) is 37.2 Å². The highest BCUT2D eigenvalue weighted by Gasteiger charge is 1.98. The van der Waals surface area contributed by atoms with Gasteiger partial charge in [0.2, 0.25) is 5.95 Å². The first-order valence-corrected chi connectivity index (χ1v) is 5.81. The predicted molar refractivity (Wildman–Crippen MR) is 67.3 cm³/mol. The number of nitrogens with zero attached hydrogens (tertiary/aromatic N) is 3. The van der Waals surface area contributed by atoms with Gasteiger partial charge in [-0.2, -0.15) is 4.98 Å². The molecule has 0 unspecified atom stereocenters. The third kappa shape index (κ3) is 4.44. The van der Waals surface area contributed by atoms with Crippen molar-refractivity contribution >= 4 is 11.8 Å². The summed E-state index contributed by atoms with van der Waals surface area (Å²) in [6.45, 7) is 8.60. The Labute approximate surface area is 97.1 Å². The zero-order chi connectivity index (χ0) is 11.8. The monoisotopic (exact) mass is 223 g/mol. The number of hydrogen-bond donors (Lipinski definition) is 2. The molecule has 0 fully saturated rings. The minimum absolute atomic E-state index is 0.314. The summed E-state index contributed by atoms with van der Waals surface area (Å²) in [6.07, 6.45) is 2.76. The van der Waals surface area contributed by atoms with E-state index < -0.39 is 0 Å². The first-order valence-electron chi connectivity index (χ1n) is 5.81. The molecule has 0 bridgehead atoms. The molecular weight excluding hydrogens is 202 g/mol. The fraction of sp³-hybridized carbons (Fsp3) is 0.636. The van der Waals surface area contributed by atoms with Crippen LogP contribution in [-0.4, -0.2) is 41.0 Å². The number of anilines is 2. The second kappa shape index (κ2) is 7.00. The normalized spacial score (nSPS) is 10.7. The minimum atomic E-state index is 0.314. The van der Waals surface area contributed by atoms with Crippen LogP contribution in [0, 0.1) is 0 Å². The first-order chi connectivity index (χ1) is 7.76. The van der Waals surface area contributed by atoms with E-state index in [2.05, 4.69) is 34.0 Å². The molecule has 0 amide bonds. The Balaban J connectivity index is 2.20. The Morgan fingerprint density at radius 1 is 1.38 bits per heavy atom. The van der Waals surface area contributed by atoms with Crippen LogP contribution in [0.5, 0.6) is 0 Å². The molecule has 0 aliphatic carbocycles. The lowest BCUT2D eigenvalue weighted by molar-refractivity contribution is 0.303. The van der Waals surface area contributed by atoms with E-state index in [1.165, 1.54) is 0 Å². The molecule has 1 aromatic heterocycles. The van der Waals surface area contributed by atoms with Gasteiger partial charge < -0.3 is 16.0 Å². The van der Waals surface area contributed by atoms with Crippen LogP contribution < -0.4 is 11.1 Å². The van der Waals surface area contributed by atoms with Gasteiger partial charge in [-0.3, -0.25) is 0 Å². The summed E-state index contributed by atoms with van der Waals surface area (Å²) < 4.78 is 0. The fourth-order valence-electron chi connectivity index (χ4n) is 1.53. The van der Waals surface area contributed by atoms with Crippen LogP contribution in [0.2, 0.25) is 0 Å². The summed E-state index contributed by atoms with van der Waals surface area (Å²) in [7, 11) is 0. The van der Waals surface area contributed by atoms with Crippen LogP contribution in [0.15, 0.2) is 12.3 Å². The van der Waals surface area contributed by atoms with Crippen molar-refractivity contribution in [3.63, 3.8) is 0 Å². The van der Waals surface area contributed by atoms with Gasteiger partial charge in [0.25, 0.3) is 0 Å². The average Bonchev–Trinajstić information content (AvgIpc) is 2.29. The maximum absolute atomic E-state index is 5.48. The molecule has 0 aromatic carbocycles. The highest BCUT2D eigenvalue weighted by molar-refractivity contribution is 5.36. The number of nitrogens with one attached hydrogen (secondary N) is 1. The molecule has 0 radical (unpaired) electrons. The van der Waals surface area contributed by atoms with Crippen molar-refractivity contribution in [3.8, 4) is 0 Å². The maximum Gasteiger partial charge on any atom is 0.221 e. The molecule has 5 nitrogen and oxygen atoms in total. The Kier molecular flexibility index (Phi) is 5.56. The fourth-order valence-corrected chi connectivity index (χ4v) is 1.53. The number of hydrogen-bond acceptors (Lipinski definition) is 5. The van der Waals surface area contributed by atoms with Gasteiger partial charge in [-0.25, -0.2) is 4.98 Å². The molecule has 5 heteroatoms. The second-order valence-electron chi connectivity index (χ2n) is 3.61. The van der Waals surface area contributed by atoms with Gasteiger partial charge in [-0.1, -0.05) is 13.8 Å². The summed E-state index contributed by atoms with van der Waals surface area (Å²) in [5.41, 5.74) is 5.48. The van der Waals surface area contributed by atoms with E-state index in [0.717, 1.165) is 38.4 Å². The lowest BCUT2D eigenvalue weighted by Gasteiger charge is -2.17. The standard InChI is InChI=1S/C11H21N5/c1-3-16(4-2)9-5-7-13-10-6-8-14-11(12)15-10/h6,8H,3-5,7,9H2,1-2H3,(H3,12,13,14,15). The van der Waals surface area contributed by atoms with Gasteiger partial charge in [-0.05, 0) is 32.1 Å². The highest BCUT2D eigenvalue weighted by Crippen LogP contribution is 2.02. The molecule has 16 heavy (non-hydrogen) atoms. The summed E-state index contributed by atoms with van der Waals surface area (Å²) in [6, 6.07) is 1.83. The number of nitrogens with two attached hydrogens (primary N) is 1. The molecule has 90 valence electrons. The molecule has 1 aromatic rings. The summed E-state index contributed by atoms with van der Waals surface area (Å²) in [5, 5.41) is 3.23. The average molecular weight is 223 g/mol. The minimum Gasteiger partial charge on any atom is -0.370 e. The van der Waals surface area contributed by atoms with Gasteiger partial charge in [-0.15, -0.1) is 0 Å². The summed E-state index contributed by atoms with van der Waals surface area (Å²) in [4.78, 5) is 10.3. The smallest absolute Gasteiger partial charge is 0.221 e. The molecule has 1 rings (SSSR count). The predicted octanol–water partition coefficient (Wildman–Crippen LogP) is 1.20. The van der Waals surface area contributed by atoms with Crippen molar-refractivity contribution in [2.45, 2.75) is 20.3 Å². The topological polar surface area (TPSA) is 67.1 Å². The molecule has 0 spiro atoms. The lowest BCUT2D eigenvalue weighted by Crippen LogP contribution is -2.25. The van der Waals surface area contributed by atoms with E-state index in [-0.39, 0.29) is 0 Å². The van der Waals surface area contributed by atoms with Crippen molar-refractivity contribution in [3.05, 3.63) is 12.3 Å². The zero-order valence-corrected chi connectivity index (χ0v) is 10.1. The molecule has 3 N–H and O–H groups in total. The van der Waals surface area contributed by atoms with E-state index in [0.29, 0.717) is 5.95 Å². The van der Waals surface area contributed by atoms with Crippen LogP contribution >= 0.6 is 0 Å². The second-order valence-corrected chi connectivity index (χ2v) is 3.61.